The summed E-state index contributed by atoms with van der Waals surface area (Å²) in [7, 11) is 0. The van der Waals surface area contributed by atoms with Gasteiger partial charge in [-0.2, -0.15) is 0 Å². The first-order valence-corrected chi connectivity index (χ1v) is 6.75. The zero-order valence-electron chi connectivity index (χ0n) is 11.5. The second-order valence-electron chi connectivity index (χ2n) is 4.88. The SMILES string of the molecule is CCCCc1c(O)ccc(O)c1-c1ccccc1C. The third-order valence-electron chi connectivity index (χ3n) is 3.46. The summed E-state index contributed by atoms with van der Waals surface area (Å²) in [5, 5.41) is 20.3. The predicted molar refractivity (Wildman–Crippen MR) is 78.6 cm³/mol. The zero-order chi connectivity index (χ0) is 13.8. The minimum Gasteiger partial charge on any atom is -0.508 e. The van der Waals surface area contributed by atoms with Gasteiger partial charge in [-0.1, -0.05) is 37.6 Å². The van der Waals surface area contributed by atoms with Gasteiger partial charge in [0.15, 0.2) is 0 Å². The fraction of sp³-hybridized carbons (Fsp3) is 0.294. The molecule has 19 heavy (non-hydrogen) atoms. The van der Waals surface area contributed by atoms with Crippen molar-refractivity contribution in [2.45, 2.75) is 33.1 Å². The smallest absolute Gasteiger partial charge is 0.123 e. The number of phenolic OH excluding ortho intramolecular Hbond substituents is 2. The van der Waals surface area contributed by atoms with Gasteiger partial charge in [-0.05, 0) is 43.0 Å². The van der Waals surface area contributed by atoms with Gasteiger partial charge in [0.05, 0.1) is 0 Å². The first-order chi connectivity index (χ1) is 9.15. The Balaban J connectivity index is 2.61. The van der Waals surface area contributed by atoms with Gasteiger partial charge in [0.1, 0.15) is 11.5 Å². The standard InChI is InChI=1S/C17H20O2/c1-3-4-8-14-15(18)10-11-16(19)17(14)13-9-6-5-7-12(13)2/h5-7,9-11,18-19H,3-4,8H2,1-2H3. The van der Waals surface area contributed by atoms with E-state index in [1.54, 1.807) is 12.1 Å². The van der Waals surface area contributed by atoms with Crippen LogP contribution in [0.1, 0.15) is 30.9 Å². The van der Waals surface area contributed by atoms with Crippen LogP contribution in [0.4, 0.5) is 0 Å². The van der Waals surface area contributed by atoms with Crippen molar-refractivity contribution in [3.05, 3.63) is 47.5 Å². The second kappa shape index (κ2) is 5.79. The molecule has 2 N–H and O–H groups in total. The molecular formula is C17H20O2. The largest absolute Gasteiger partial charge is 0.508 e. The summed E-state index contributed by atoms with van der Waals surface area (Å²) >= 11 is 0. The summed E-state index contributed by atoms with van der Waals surface area (Å²) in [6.45, 7) is 4.13. The van der Waals surface area contributed by atoms with E-state index in [-0.39, 0.29) is 11.5 Å². The number of phenols is 2. The van der Waals surface area contributed by atoms with Crippen LogP contribution >= 0.6 is 0 Å². The van der Waals surface area contributed by atoms with Crippen LogP contribution in [0.25, 0.3) is 11.1 Å². The van der Waals surface area contributed by atoms with E-state index in [1.807, 2.05) is 31.2 Å². The van der Waals surface area contributed by atoms with Gasteiger partial charge >= 0.3 is 0 Å². The molecule has 0 aromatic heterocycles. The highest BCUT2D eigenvalue weighted by molar-refractivity contribution is 5.78. The third-order valence-corrected chi connectivity index (χ3v) is 3.46. The van der Waals surface area contributed by atoms with Crippen LogP contribution in [0, 0.1) is 6.92 Å². The molecule has 2 heteroatoms. The molecule has 2 aromatic rings. The summed E-state index contributed by atoms with van der Waals surface area (Å²) in [5.74, 6) is 0.503. The number of aromatic hydroxyl groups is 2. The van der Waals surface area contributed by atoms with Crippen LogP contribution in [0.15, 0.2) is 36.4 Å². The number of hydrogen-bond acceptors (Lipinski definition) is 2. The molecule has 0 heterocycles. The molecule has 0 unspecified atom stereocenters. The van der Waals surface area contributed by atoms with Gasteiger partial charge in [0.25, 0.3) is 0 Å². The van der Waals surface area contributed by atoms with Crippen molar-refractivity contribution in [3.8, 4) is 22.6 Å². The molecule has 0 aliphatic carbocycles. The Morgan fingerprint density at radius 2 is 1.63 bits per heavy atom. The Kier molecular flexibility index (Phi) is 4.10. The summed E-state index contributed by atoms with van der Waals surface area (Å²) in [6.07, 6.45) is 2.83. The summed E-state index contributed by atoms with van der Waals surface area (Å²) in [6, 6.07) is 11.1. The quantitative estimate of drug-likeness (QED) is 0.795. The summed E-state index contributed by atoms with van der Waals surface area (Å²) in [5.41, 5.74) is 3.70. The Labute approximate surface area is 114 Å². The molecule has 2 rings (SSSR count). The van der Waals surface area contributed by atoms with Gasteiger partial charge in [0, 0.05) is 11.1 Å². The molecule has 0 amide bonds. The van der Waals surface area contributed by atoms with E-state index in [0.717, 1.165) is 41.5 Å². The Morgan fingerprint density at radius 1 is 0.947 bits per heavy atom. The van der Waals surface area contributed by atoms with E-state index in [4.69, 9.17) is 0 Å². The number of hydrogen-bond donors (Lipinski definition) is 2. The predicted octanol–water partition coefficient (Wildman–Crippen LogP) is 4.42. The lowest BCUT2D eigenvalue weighted by Gasteiger charge is -2.15. The Bertz CT molecular complexity index is 573. The lowest BCUT2D eigenvalue weighted by molar-refractivity contribution is 0.455. The fourth-order valence-electron chi connectivity index (χ4n) is 2.39. The first kappa shape index (κ1) is 13.5. The number of unbranched alkanes of at least 4 members (excludes halogenated alkanes) is 1. The van der Waals surface area contributed by atoms with Crippen LogP contribution in [0.3, 0.4) is 0 Å². The van der Waals surface area contributed by atoms with E-state index in [2.05, 4.69) is 6.92 Å². The van der Waals surface area contributed by atoms with E-state index >= 15 is 0 Å². The molecule has 2 aromatic carbocycles. The van der Waals surface area contributed by atoms with Crippen molar-refractivity contribution < 1.29 is 10.2 Å². The fourth-order valence-corrected chi connectivity index (χ4v) is 2.39. The van der Waals surface area contributed by atoms with Crippen molar-refractivity contribution in [2.75, 3.05) is 0 Å². The van der Waals surface area contributed by atoms with Crippen molar-refractivity contribution in [1.29, 1.82) is 0 Å². The van der Waals surface area contributed by atoms with Crippen LogP contribution in [-0.4, -0.2) is 10.2 Å². The average molecular weight is 256 g/mol. The Hall–Kier alpha value is -1.96. The minimum atomic E-state index is 0.234. The monoisotopic (exact) mass is 256 g/mol. The van der Waals surface area contributed by atoms with Crippen molar-refractivity contribution in [1.82, 2.24) is 0 Å². The number of benzene rings is 2. The highest BCUT2D eigenvalue weighted by Gasteiger charge is 2.15. The summed E-state index contributed by atoms with van der Waals surface area (Å²) in [4.78, 5) is 0. The molecule has 0 saturated carbocycles. The molecule has 0 radical (unpaired) electrons. The van der Waals surface area contributed by atoms with E-state index in [1.165, 1.54) is 0 Å². The highest BCUT2D eigenvalue weighted by Crippen LogP contribution is 2.39. The average Bonchev–Trinajstić information content (AvgIpc) is 2.41. The van der Waals surface area contributed by atoms with Crippen molar-refractivity contribution >= 4 is 0 Å². The lowest BCUT2D eigenvalue weighted by atomic mass is 9.92. The number of aryl methyl sites for hydroxylation is 1. The van der Waals surface area contributed by atoms with Crippen LogP contribution < -0.4 is 0 Å². The summed E-state index contributed by atoms with van der Waals surface area (Å²) < 4.78 is 0. The van der Waals surface area contributed by atoms with Crippen LogP contribution in [-0.2, 0) is 6.42 Å². The normalized spacial score (nSPS) is 10.6. The van der Waals surface area contributed by atoms with E-state index < -0.39 is 0 Å². The van der Waals surface area contributed by atoms with Crippen molar-refractivity contribution in [2.24, 2.45) is 0 Å². The van der Waals surface area contributed by atoms with Gasteiger partial charge in [-0.25, -0.2) is 0 Å². The van der Waals surface area contributed by atoms with Gasteiger partial charge in [0.2, 0.25) is 0 Å². The van der Waals surface area contributed by atoms with E-state index in [0.29, 0.717) is 0 Å². The van der Waals surface area contributed by atoms with Gasteiger partial charge in [-0.15, -0.1) is 0 Å². The molecule has 0 atom stereocenters. The van der Waals surface area contributed by atoms with Gasteiger partial charge < -0.3 is 10.2 Å². The van der Waals surface area contributed by atoms with Crippen LogP contribution in [0.5, 0.6) is 11.5 Å². The molecule has 0 fully saturated rings. The Morgan fingerprint density at radius 3 is 2.32 bits per heavy atom. The topological polar surface area (TPSA) is 40.5 Å². The second-order valence-corrected chi connectivity index (χ2v) is 4.88. The molecule has 0 aliphatic rings. The van der Waals surface area contributed by atoms with Crippen molar-refractivity contribution in [3.63, 3.8) is 0 Å². The first-order valence-electron chi connectivity index (χ1n) is 6.75. The number of rotatable bonds is 4. The van der Waals surface area contributed by atoms with Gasteiger partial charge in [-0.3, -0.25) is 0 Å². The van der Waals surface area contributed by atoms with E-state index in [9.17, 15) is 10.2 Å². The molecular weight excluding hydrogens is 236 g/mol. The highest BCUT2D eigenvalue weighted by atomic mass is 16.3. The minimum absolute atomic E-state index is 0.234. The molecule has 0 spiro atoms. The lowest BCUT2D eigenvalue weighted by Crippen LogP contribution is -1.94. The zero-order valence-corrected chi connectivity index (χ0v) is 11.5. The van der Waals surface area contributed by atoms with Crippen LogP contribution in [0.2, 0.25) is 0 Å². The molecule has 2 nitrogen and oxygen atoms in total. The molecule has 100 valence electrons. The maximum Gasteiger partial charge on any atom is 0.123 e. The third kappa shape index (κ3) is 2.73. The maximum absolute atomic E-state index is 10.2. The molecule has 0 bridgehead atoms. The molecule has 0 saturated heterocycles. The molecule has 0 aliphatic heterocycles. The maximum atomic E-state index is 10.2.